The van der Waals surface area contributed by atoms with Gasteiger partial charge in [-0.25, -0.2) is 9.82 Å². The molecule has 1 atom stereocenters. The lowest BCUT2D eigenvalue weighted by atomic mass is 10.0. The van der Waals surface area contributed by atoms with E-state index in [1.807, 2.05) is 37.3 Å². The van der Waals surface area contributed by atoms with Crippen LogP contribution in [0, 0.1) is 5.82 Å². The molecular weight excluding hydrogens is 375 g/mol. The van der Waals surface area contributed by atoms with Gasteiger partial charge in [0.05, 0.1) is 5.71 Å². The first kappa shape index (κ1) is 18.7. The smallest absolute Gasteiger partial charge is 0.307 e. The van der Waals surface area contributed by atoms with Gasteiger partial charge in [-0.05, 0) is 48.7 Å². The molecule has 6 nitrogen and oxygen atoms in total. The number of hydrogen-bond donors (Lipinski definition) is 2. The predicted molar refractivity (Wildman–Crippen MR) is 105 cm³/mol. The van der Waals surface area contributed by atoms with Crippen LogP contribution in [0.1, 0.15) is 46.7 Å². The zero-order valence-electron chi connectivity index (χ0n) is 15.7. The first-order chi connectivity index (χ1) is 14.0. The van der Waals surface area contributed by atoms with Crippen molar-refractivity contribution in [3.63, 3.8) is 0 Å². The fraction of sp³-hybridized carbons (Fsp3) is 0.182. The Kier molecular flexibility index (Phi) is 5.03. The van der Waals surface area contributed by atoms with Crippen molar-refractivity contribution < 1.29 is 23.4 Å². The molecule has 0 spiro atoms. The second kappa shape index (κ2) is 7.79. The molecule has 1 amide bonds. The number of nitrogens with one attached hydrogen (secondary N) is 1. The number of fused-ring (bicyclic) bond motifs is 1. The molecule has 4 rings (SSSR count). The number of carbonyl (C=O) groups excluding carboxylic acids is 1. The molecule has 2 aromatic carbocycles. The molecule has 2 N–H and O–H groups in total. The van der Waals surface area contributed by atoms with E-state index in [0.717, 1.165) is 0 Å². The molecule has 1 aliphatic carbocycles. The maximum Gasteiger partial charge on any atom is 0.307 e. The maximum absolute atomic E-state index is 14.1. The van der Waals surface area contributed by atoms with Gasteiger partial charge in [-0.3, -0.25) is 4.79 Å². The van der Waals surface area contributed by atoms with Crippen molar-refractivity contribution in [2.24, 2.45) is 5.10 Å². The van der Waals surface area contributed by atoms with Crippen LogP contribution in [-0.4, -0.2) is 16.7 Å². The number of hydrogen-bond acceptors (Lipinski definition) is 5. The molecule has 0 radical (unpaired) electrons. The van der Waals surface area contributed by atoms with Crippen LogP contribution in [0.4, 0.5) is 4.39 Å². The highest BCUT2D eigenvalue weighted by atomic mass is 19.1. The third-order valence-electron chi connectivity index (χ3n) is 4.75. The number of hydrazone groups is 1. The van der Waals surface area contributed by atoms with Crippen molar-refractivity contribution in [3.05, 3.63) is 83.1 Å². The number of aromatic hydroxyl groups is 1. The summed E-state index contributed by atoms with van der Waals surface area (Å²) in [4.78, 5) is 12.3. The number of benzene rings is 2. The fourth-order valence-corrected chi connectivity index (χ4v) is 3.39. The summed E-state index contributed by atoms with van der Waals surface area (Å²) < 4.78 is 25.2. The Hall–Kier alpha value is -3.61. The zero-order chi connectivity index (χ0) is 20.4. The van der Waals surface area contributed by atoms with Crippen molar-refractivity contribution in [1.29, 1.82) is 0 Å². The van der Waals surface area contributed by atoms with Crippen molar-refractivity contribution >= 4 is 11.6 Å². The molecular formula is C22H19FN2O4. The van der Waals surface area contributed by atoms with Crippen LogP contribution in [0.3, 0.4) is 0 Å². The highest BCUT2D eigenvalue weighted by Crippen LogP contribution is 2.39. The summed E-state index contributed by atoms with van der Waals surface area (Å²) in [7, 11) is 0. The van der Waals surface area contributed by atoms with Gasteiger partial charge in [0.2, 0.25) is 0 Å². The van der Waals surface area contributed by atoms with Gasteiger partial charge in [-0.1, -0.05) is 25.1 Å². The number of phenols is 1. The topological polar surface area (TPSA) is 84.1 Å². The van der Waals surface area contributed by atoms with Gasteiger partial charge < -0.3 is 14.3 Å². The van der Waals surface area contributed by atoms with E-state index in [0.29, 0.717) is 34.8 Å². The summed E-state index contributed by atoms with van der Waals surface area (Å²) in [5, 5.41) is 14.2. The molecule has 0 saturated carbocycles. The van der Waals surface area contributed by atoms with E-state index in [1.54, 1.807) is 6.07 Å². The van der Waals surface area contributed by atoms with Crippen molar-refractivity contribution in [2.45, 2.75) is 25.9 Å². The monoisotopic (exact) mass is 394 g/mol. The molecule has 148 valence electrons. The van der Waals surface area contributed by atoms with E-state index in [4.69, 9.17) is 9.15 Å². The lowest BCUT2D eigenvalue weighted by molar-refractivity contribution is 0.0923. The first-order valence-electron chi connectivity index (χ1n) is 9.18. The van der Waals surface area contributed by atoms with Crippen LogP contribution >= 0.6 is 0 Å². The van der Waals surface area contributed by atoms with E-state index < -0.39 is 11.7 Å². The summed E-state index contributed by atoms with van der Waals surface area (Å²) in [5.74, 6) is 0.135. The molecule has 3 aromatic rings. The number of rotatable bonds is 5. The van der Waals surface area contributed by atoms with Crippen molar-refractivity contribution in [2.75, 3.05) is 0 Å². The summed E-state index contributed by atoms with van der Waals surface area (Å²) in [5.41, 5.74) is 3.60. The molecule has 1 aliphatic rings. The molecule has 29 heavy (non-hydrogen) atoms. The van der Waals surface area contributed by atoms with Gasteiger partial charge in [0.15, 0.2) is 5.76 Å². The SMILES string of the molecule is C[C@@H]1C/C(=N\NC(=O)c2ccc(COc3ccccc3)o2)c2c(O)ccc(F)c21. The van der Waals surface area contributed by atoms with Gasteiger partial charge in [0, 0.05) is 11.1 Å². The summed E-state index contributed by atoms with van der Waals surface area (Å²) >= 11 is 0. The van der Waals surface area contributed by atoms with Gasteiger partial charge in [-0.2, -0.15) is 5.10 Å². The minimum absolute atomic E-state index is 0.0582. The first-order valence-corrected chi connectivity index (χ1v) is 9.18. The highest BCUT2D eigenvalue weighted by molar-refractivity contribution is 6.08. The van der Waals surface area contributed by atoms with Crippen LogP contribution in [0.5, 0.6) is 11.5 Å². The lowest BCUT2D eigenvalue weighted by Gasteiger charge is -2.06. The molecule has 7 heteroatoms. The normalized spacial score (nSPS) is 16.6. The maximum atomic E-state index is 14.1. The summed E-state index contributed by atoms with van der Waals surface area (Å²) in [6.45, 7) is 2.03. The van der Waals surface area contributed by atoms with Crippen molar-refractivity contribution in [1.82, 2.24) is 5.43 Å². The third-order valence-corrected chi connectivity index (χ3v) is 4.75. The minimum Gasteiger partial charge on any atom is -0.507 e. The number of ether oxygens (including phenoxy) is 1. The van der Waals surface area contributed by atoms with Crippen molar-refractivity contribution in [3.8, 4) is 11.5 Å². The number of para-hydroxylation sites is 1. The van der Waals surface area contributed by atoms with E-state index in [2.05, 4.69) is 10.5 Å². The number of carbonyl (C=O) groups is 1. The number of halogens is 1. The number of amides is 1. The molecule has 0 aliphatic heterocycles. The van der Waals surface area contributed by atoms with E-state index in [1.165, 1.54) is 18.2 Å². The molecule has 1 heterocycles. The standard InChI is InChI=1S/C22H19FN2O4/c1-13-11-17(21-18(26)9-8-16(23)20(13)21)24-25-22(27)19-10-7-15(29-19)12-28-14-5-3-2-4-6-14/h2-10,13,26H,11-12H2,1H3,(H,25,27)/b24-17+/t13-/m1/s1. The largest absolute Gasteiger partial charge is 0.507 e. The van der Waals surface area contributed by atoms with Crippen LogP contribution in [0.25, 0.3) is 0 Å². The van der Waals surface area contributed by atoms with Crippen LogP contribution in [0.2, 0.25) is 0 Å². The number of furan rings is 1. The second-order valence-corrected chi connectivity index (χ2v) is 6.83. The van der Waals surface area contributed by atoms with Crippen LogP contribution in [0.15, 0.2) is 64.1 Å². The van der Waals surface area contributed by atoms with Crippen LogP contribution < -0.4 is 10.2 Å². The minimum atomic E-state index is -0.541. The average Bonchev–Trinajstić information content (AvgIpc) is 3.33. The predicted octanol–water partition coefficient (Wildman–Crippen LogP) is 4.34. The van der Waals surface area contributed by atoms with Gasteiger partial charge in [0.25, 0.3) is 0 Å². The van der Waals surface area contributed by atoms with E-state index in [9.17, 15) is 14.3 Å². The fourth-order valence-electron chi connectivity index (χ4n) is 3.39. The molecule has 0 bridgehead atoms. The Bertz CT molecular complexity index is 1080. The van der Waals surface area contributed by atoms with E-state index in [-0.39, 0.29) is 24.0 Å². The van der Waals surface area contributed by atoms with E-state index >= 15 is 0 Å². The number of phenolic OH excluding ortho intramolecular Hbond substituents is 1. The molecule has 0 saturated heterocycles. The van der Waals surface area contributed by atoms with Gasteiger partial charge in [-0.15, -0.1) is 0 Å². The Morgan fingerprint density at radius 1 is 1.24 bits per heavy atom. The zero-order valence-corrected chi connectivity index (χ0v) is 15.7. The third kappa shape index (κ3) is 3.85. The van der Waals surface area contributed by atoms with Gasteiger partial charge >= 0.3 is 5.91 Å². The number of nitrogens with zero attached hydrogens (tertiary/aromatic N) is 1. The molecule has 0 unspecified atom stereocenters. The average molecular weight is 394 g/mol. The second-order valence-electron chi connectivity index (χ2n) is 6.83. The quantitative estimate of drug-likeness (QED) is 0.631. The molecule has 0 fully saturated rings. The Morgan fingerprint density at radius 2 is 2.03 bits per heavy atom. The summed E-state index contributed by atoms with van der Waals surface area (Å²) in [6, 6.07) is 15.0. The molecule has 1 aromatic heterocycles. The Labute approximate surface area is 166 Å². The highest BCUT2D eigenvalue weighted by Gasteiger charge is 2.30. The van der Waals surface area contributed by atoms with Crippen LogP contribution in [-0.2, 0) is 6.61 Å². The Morgan fingerprint density at radius 3 is 2.83 bits per heavy atom. The Balaban J connectivity index is 1.44. The van der Waals surface area contributed by atoms with Gasteiger partial charge in [0.1, 0.15) is 29.7 Å². The summed E-state index contributed by atoms with van der Waals surface area (Å²) in [6.07, 6.45) is 0.415. The lowest BCUT2D eigenvalue weighted by Crippen LogP contribution is -2.19.